The van der Waals surface area contributed by atoms with E-state index in [0.29, 0.717) is 24.0 Å². The Hall–Kier alpha value is -3.82. The van der Waals surface area contributed by atoms with Crippen molar-refractivity contribution >= 4 is 23.8 Å². The standard InChI is InChI=1S/C9H16O4.2C6H6N2O/c10-8(11)6-4-2-1-3-5-7-9(12)13;2*7-6(9)5-1-3-8-4-2-5/h1-7H2,(H,10,11)(H,12,13);2*1-4H,(H2,7,9). The van der Waals surface area contributed by atoms with E-state index in [-0.39, 0.29) is 12.8 Å². The Morgan fingerprint density at radius 2 is 0.903 bits per heavy atom. The van der Waals surface area contributed by atoms with Crippen LogP contribution in [0.5, 0.6) is 0 Å². The Kier molecular flexibility index (Phi) is 15.0. The van der Waals surface area contributed by atoms with E-state index in [0.717, 1.165) is 19.3 Å². The Morgan fingerprint density at radius 3 is 1.13 bits per heavy atom. The number of hydrogen-bond acceptors (Lipinski definition) is 6. The number of aliphatic carboxylic acids is 2. The molecule has 0 aliphatic carbocycles. The molecule has 0 unspecified atom stereocenters. The predicted molar refractivity (Wildman–Crippen MR) is 113 cm³/mol. The summed E-state index contributed by atoms with van der Waals surface area (Å²) in [7, 11) is 0. The van der Waals surface area contributed by atoms with E-state index in [1.54, 1.807) is 24.3 Å². The van der Waals surface area contributed by atoms with Crippen LogP contribution >= 0.6 is 0 Å². The summed E-state index contributed by atoms with van der Waals surface area (Å²) in [6.07, 6.45) is 10.6. The molecule has 2 heterocycles. The first-order chi connectivity index (χ1) is 14.7. The molecule has 0 aromatic carbocycles. The van der Waals surface area contributed by atoms with Crippen molar-refractivity contribution in [1.29, 1.82) is 0 Å². The second-order valence-corrected chi connectivity index (χ2v) is 6.26. The van der Waals surface area contributed by atoms with Gasteiger partial charge in [0.15, 0.2) is 0 Å². The maximum atomic E-state index is 10.4. The van der Waals surface area contributed by atoms with Gasteiger partial charge in [-0.3, -0.25) is 29.1 Å². The predicted octanol–water partition coefficient (Wildman–Crippen LogP) is 2.25. The first kappa shape index (κ1) is 27.2. The van der Waals surface area contributed by atoms with Crippen molar-refractivity contribution < 1.29 is 29.4 Å². The van der Waals surface area contributed by atoms with Crippen LogP contribution in [0, 0.1) is 0 Å². The second kappa shape index (κ2) is 17.1. The van der Waals surface area contributed by atoms with Crippen LogP contribution in [-0.2, 0) is 9.59 Å². The number of nitrogens with zero attached hydrogens (tertiary/aromatic N) is 2. The van der Waals surface area contributed by atoms with Crippen molar-refractivity contribution in [2.45, 2.75) is 44.9 Å². The Bertz CT molecular complexity index is 733. The fraction of sp³-hybridized carbons (Fsp3) is 0.333. The van der Waals surface area contributed by atoms with Crippen molar-refractivity contribution in [2.75, 3.05) is 0 Å². The summed E-state index contributed by atoms with van der Waals surface area (Å²) in [6, 6.07) is 6.29. The molecule has 0 radical (unpaired) electrons. The molecule has 0 aliphatic rings. The minimum atomic E-state index is -0.759. The van der Waals surface area contributed by atoms with Gasteiger partial charge in [0.25, 0.3) is 0 Å². The Morgan fingerprint density at radius 1 is 0.613 bits per heavy atom. The number of rotatable bonds is 10. The molecule has 0 spiro atoms. The van der Waals surface area contributed by atoms with Crippen LogP contribution in [0.3, 0.4) is 0 Å². The van der Waals surface area contributed by atoms with Crippen molar-refractivity contribution in [3.8, 4) is 0 Å². The van der Waals surface area contributed by atoms with Crippen LogP contribution in [0.25, 0.3) is 0 Å². The summed E-state index contributed by atoms with van der Waals surface area (Å²) < 4.78 is 0. The lowest BCUT2D eigenvalue weighted by atomic mass is 10.1. The summed E-state index contributed by atoms with van der Waals surface area (Å²) in [5, 5.41) is 16.6. The van der Waals surface area contributed by atoms with Crippen LogP contribution in [-0.4, -0.2) is 43.9 Å². The van der Waals surface area contributed by atoms with E-state index in [1.807, 2.05) is 0 Å². The molecule has 2 aromatic rings. The fourth-order valence-electron chi connectivity index (χ4n) is 2.12. The molecule has 0 atom stereocenters. The summed E-state index contributed by atoms with van der Waals surface area (Å²) in [5.74, 6) is -2.36. The number of amides is 2. The topological polar surface area (TPSA) is 187 Å². The number of aromatic nitrogens is 2. The van der Waals surface area contributed by atoms with Crippen LogP contribution in [0.4, 0.5) is 0 Å². The highest BCUT2D eigenvalue weighted by atomic mass is 16.4. The van der Waals surface area contributed by atoms with E-state index in [2.05, 4.69) is 9.97 Å². The van der Waals surface area contributed by atoms with Gasteiger partial charge in [-0.2, -0.15) is 0 Å². The molecule has 0 fully saturated rings. The molecular formula is C21H28N4O6. The molecule has 10 nitrogen and oxygen atoms in total. The number of carboxylic acids is 2. The van der Waals surface area contributed by atoms with Gasteiger partial charge in [-0.25, -0.2) is 0 Å². The van der Waals surface area contributed by atoms with Crippen molar-refractivity contribution in [1.82, 2.24) is 9.97 Å². The largest absolute Gasteiger partial charge is 0.481 e. The number of carbonyl (C=O) groups excluding carboxylic acids is 2. The SMILES string of the molecule is NC(=O)c1ccncc1.NC(=O)c1ccncc1.O=C(O)CCCCCCCC(=O)O. The third kappa shape index (κ3) is 16.8. The van der Waals surface area contributed by atoms with E-state index in [4.69, 9.17) is 21.7 Å². The molecule has 6 N–H and O–H groups in total. The monoisotopic (exact) mass is 432 g/mol. The number of carboxylic acid groups (broad SMARTS) is 2. The second-order valence-electron chi connectivity index (χ2n) is 6.26. The number of pyridine rings is 2. The summed E-state index contributed by atoms with van der Waals surface area (Å²) in [6.45, 7) is 0. The van der Waals surface area contributed by atoms with Crippen LogP contribution < -0.4 is 11.5 Å². The van der Waals surface area contributed by atoms with E-state index in [9.17, 15) is 19.2 Å². The summed E-state index contributed by atoms with van der Waals surface area (Å²) in [4.78, 5) is 48.4. The molecular weight excluding hydrogens is 404 g/mol. The van der Waals surface area contributed by atoms with Gasteiger partial charge in [0.05, 0.1) is 0 Å². The first-order valence-electron chi connectivity index (χ1n) is 9.57. The number of nitrogens with two attached hydrogens (primary N) is 2. The molecule has 31 heavy (non-hydrogen) atoms. The van der Waals surface area contributed by atoms with Gasteiger partial charge < -0.3 is 21.7 Å². The molecule has 2 amide bonds. The van der Waals surface area contributed by atoms with Crippen molar-refractivity contribution in [3.05, 3.63) is 60.2 Å². The lowest BCUT2D eigenvalue weighted by molar-refractivity contribution is -0.138. The van der Waals surface area contributed by atoms with Gasteiger partial charge in [-0.1, -0.05) is 19.3 Å². The minimum absolute atomic E-state index is 0.221. The lowest BCUT2D eigenvalue weighted by Gasteiger charge is -1.97. The zero-order chi connectivity index (χ0) is 23.5. The highest BCUT2D eigenvalue weighted by Gasteiger charge is 1.98. The maximum absolute atomic E-state index is 10.4. The molecule has 0 saturated heterocycles. The Labute approximate surface area is 180 Å². The molecule has 0 saturated carbocycles. The normalized spacial score (nSPS) is 9.29. The highest BCUT2D eigenvalue weighted by Crippen LogP contribution is 2.06. The number of hydrogen-bond donors (Lipinski definition) is 4. The quantitative estimate of drug-likeness (QED) is 0.411. The fourth-order valence-corrected chi connectivity index (χ4v) is 2.12. The smallest absolute Gasteiger partial charge is 0.303 e. The van der Waals surface area contributed by atoms with E-state index < -0.39 is 23.8 Å². The third-order valence-corrected chi connectivity index (χ3v) is 3.71. The zero-order valence-corrected chi connectivity index (χ0v) is 17.1. The summed E-state index contributed by atoms with van der Waals surface area (Å²) in [5.41, 5.74) is 10.9. The average molecular weight is 432 g/mol. The van der Waals surface area contributed by atoms with Gasteiger partial charge in [0, 0.05) is 48.8 Å². The van der Waals surface area contributed by atoms with Gasteiger partial charge >= 0.3 is 11.9 Å². The van der Waals surface area contributed by atoms with E-state index in [1.165, 1.54) is 24.8 Å². The van der Waals surface area contributed by atoms with Gasteiger partial charge in [0.2, 0.25) is 11.8 Å². The molecule has 0 aliphatic heterocycles. The molecule has 2 rings (SSSR count). The third-order valence-electron chi connectivity index (χ3n) is 3.71. The maximum Gasteiger partial charge on any atom is 0.303 e. The first-order valence-corrected chi connectivity index (χ1v) is 9.57. The zero-order valence-electron chi connectivity index (χ0n) is 17.1. The molecule has 168 valence electrons. The highest BCUT2D eigenvalue weighted by molar-refractivity contribution is 5.92. The van der Waals surface area contributed by atoms with Crippen molar-refractivity contribution in [2.24, 2.45) is 11.5 Å². The Balaban J connectivity index is 0.000000445. The number of carbonyl (C=O) groups is 4. The summed E-state index contributed by atoms with van der Waals surface area (Å²) >= 11 is 0. The minimum Gasteiger partial charge on any atom is -0.481 e. The number of primary amides is 2. The average Bonchev–Trinajstić information content (AvgIpc) is 2.75. The lowest BCUT2D eigenvalue weighted by Crippen LogP contribution is -2.10. The van der Waals surface area contributed by atoms with Gasteiger partial charge in [0.1, 0.15) is 0 Å². The molecule has 10 heteroatoms. The van der Waals surface area contributed by atoms with Gasteiger partial charge in [-0.15, -0.1) is 0 Å². The van der Waals surface area contributed by atoms with Crippen LogP contribution in [0.1, 0.15) is 65.7 Å². The van der Waals surface area contributed by atoms with Crippen molar-refractivity contribution in [3.63, 3.8) is 0 Å². The molecule has 0 bridgehead atoms. The van der Waals surface area contributed by atoms with E-state index >= 15 is 0 Å². The number of unbranched alkanes of at least 4 members (excludes halogenated alkanes) is 4. The van der Waals surface area contributed by atoms with Gasteiger partial charge in [-0.05, 0) is 37.1 Å². The van der Waals surface area contributed by atoms with Crippen LogP contribution in [0.15, 0.2) is 49.1 Å². The molecule has 2 aromatic heterocycles. The van der Waals surface area contributed by atoms with Crippen LogP contribution in [0.2, 0.25) is 0 Å².